The molecule has 0 radical (unpaired) electrons. The molecule has 2 N–H and O–H groups in total. The second kappa shape index (κ2) is 4.74. The van der Waals surface area contributed by atoms with Gasteiger partial charge in [-0.3, -0.25) is 0 Å². The highest BCUT2D eigenvalue weighted by Gasteiger charge is 2.71. The summed E-state index contributed by atoms with van der Waals surface area (Å²) in [4.78, 5) is 11.8. The maximum absolute atomic E-state index is 14.9. The first-order valence-corrected chi connectivity index (χ1v) is 6.59. The van der Waals surface area contributed by atoms with Gasteiger partial charge in [0.15, 0.2) is 5.67 Å². The molecule has 2 atom stereocenters. The van der Waals surface area contributed by atoms with Crippen molar-refractivity contribution in [2.24, 2.45) is 0 Å². The number of rotatable bonds is 3. The van der Waals surface area contributed by atoms with Gasteiger partial charge in [0.05, 0.1) is 6.61 Å². The summed E-state index contributed by atoms with van der Waals surface area (Å²) in [5.41, 5.74) is -3.26. The topological polar surface area (TPSA) is 58.6 Å². The van der Waals surface area contributed by atoms with Crippen molar-refractivity contribution in [3.05, 3.63) is 35.9 Å². The van der Waals surface area contributed by atoms with Crippen LogP contribution in [0.1, 0.15) is 32.8 Å². The number of carbonyl (C=O) groups is 1. The molecule has 1 fully saturated rings. The van der Waals surface area contributed by atoms with E-state index in [1.807, 2.05) is 0 Å². The van der Waals surface area contributed by atoms with Crippen LogP contribution >= 0.6 is 0 Å². The van der Waals surface area contributed by atoms with Crippen LogP contribution in [0, 0.1) is 0 Å². The fourth-order valence-electron chi connectivity index (χ4n) is 2.32. The van der Waals surface area contributed by atoms with Crippen LogP contribution in [-0.4, -0.2) is 28.9 Å². The molecule has 2 rings (SSSR count). The Bertz CT molecular complexity index is 500. The molecular formula is C15H20FNO3. The lowest BCUT2D eigenvalue weighted by molar-refractivity contribution is 0.0428. The van der Waals surface area contributed by atoms with Crippen molar-refractivity contribution in [3.8, 4) is 0 Å². The standard InChI is InChI=1S/C15H20FNO3/c1-13(2,3)20-12(19)17-14(10-18)9-15(14,16)11-7-5-4-6-8-11/h4-8,18H,9-10H2,1-3H3,(H,17,19)/t14-,15-/m0/s1. The number of nitrogens with one attached hydrogen (secondary N) is 1. The van der Waals surface area contributed by atoms with Gasteiger partial charge in [0, 0.05) is 6.42 Å². The van der Waals surface area contributed by atoms with E-state index in [2.05, 4.69) is 5.32 Å². The van der Waals surface area contributed by atoms with Crippen molar-refractivity contribution >= 4 is 6.09 Å². The molecular weight excluding hydrogens is 261 g/mol. The molecule has 1 aromatic rings. The van der Waals surface area contributed by atoms with Gasteiger partial charge < -0.3 is 15.2 Å². The van der Waals surface area contributed by atoms with Gasteiger partial charge >= 0.3 is 6.09 Å². The first-order valence-electron chi connectivity index (χ1n) is 6.59. The average molecular weight is 281 g/mol. The highest BCUT2D eigenvalue weighted by Crippen LogP contribution is 2.58. The van der Waals surface area contributed by atoms with E-state index in [1.54, 1.807) is 51.1 Å². The minimum atomic E-state index is -1.75. The second-order valence-electron chi connectivity index (χ2n) is 6.21. The molecule has 0 aromatic heterocycles. The predicted octanol–water partition coefficient (Wildman–Crippen LogP) is 2.51. The van der Waals surface area contributed by atoms with Crippen LogP contribution in [0.5, 0.6) is 0 Å². The molecule has 110 valence electrons. The van der Waals surface area contributed by atoms with Gasteiger partial charge in [-0.25, -0.2) is 9.18 Å². The Labute approximate surface area is 117 Å². The molecule has 1 saturated carbocycles. The fraction of sp³-hybridized carbons (Fsp3) is 0.533. The maximum Gasteiger partial charge on any atom is 0.408 e. The van der Waals surface area contributed by atoms with Gasteiger partial charge in [-0.1, -0.05) is 30.3 Å². The molecule has 4 nitrogen and oxygen atoms in total. The number of halogens is 1. The molecule has 0 unspecified atom stereocenters. The molecule has 1 aromatic carbocycles. The average Bonchev–Trinajstić information content (AvgIpc) is 2.95. The lowest BCUT2D eigenvalue weighted by Crippen LogP contribution is -2.46. The summed E-state index contributed by atoms with van der Waals surface area (Å²) in [7, 11) is 0. The Morgan fingerprint density at radius 2 is 2.00 bits per heavy atom. The Hall–Kier alpha value is -1.62. The monoisotopic (exact) mass is 281 g/mol. The third-order valence-electron chi connectivity index (χ3n) is 3.42. The quantitative estimate of drug-likeness (QED) is 0.895. The first kappa shape index (κ1) is 14.8. The number of alkyl halides is 1. The third kappa shape index (κ3) is 2.63. The van der Waals surface area contributed by atoms with Crippen molar-refractivity contribution < 1.29 is 19.0 Å². The van der Waals surface area contributed by atoms with Crippen LogP contribution in [0.25, 0.3) is 0 Å². The van der Waals surface area contributed by atoms with Crippen molar-refractivity contribution in [2.75, 3.05) is 6.61 Å². The molecule has 0 heterocycles. The van der Waals surface area contributed by atoms with Gasteiger partial charge in [-0.15, -0.1) is 0 Å². The molecule has 1 aliphatic carbocycles. The minimum Gasteiger partial charge on any atom is -0.444 e. The Balaban J connectivity index is 2.12. The number of alkyl carbamates (subject to hydrolysis) is 1. The van der Waals surface area contributed by atoms with Gasteiger partial charge in [0.25, 0.3) is 0 Å². The zero-order valence-electron chi connectivity index (χ0n) is 11.9. The van der Waals surface area contributed by atoms with Gasteiger partial charge in [0.1, 0.15) is 11.1 Å². The summed E-state index contributed by atoms with van der Waals surface area (Å²) in [6.45, 7) is 4.71. The van der Waals surface area contributed by atoms with Crippen LogP contribution < -0.4 is 5.32 Å². The highest BCUT2D eigenvalue weighted by atomic mass is 19.1. The summed E-state index contributed by atoms with van der Waals surface area (Å²) in [5, 5.41) is 12.0. The van der Waals surface area contributed by atoms with Crippen LogP contribution in [0.4, 0.5) is 9.18 Å². The van der Waals surface area contributed by atoms with E-state index in [1.165, 1.54) is 0 Å². The van der Waals surface area contributed by atoms with E-state index < -0.39 is 29.5 Å². The molecule has 0 spiro atoms. The van der Waals surface area contributed by atoms with Crippen LogP contribution in [0.15, 0.2) is 30.3 Å². The number of carbonyl (C=O) groups excluding carboxylic acids is 1. The molecule has 5 heteroatoms. The SMILES string of the molecule is CC(C)(C)OC(=O)N[C@]1(CO)C[C@]1(F)c1ccccc1. The van der Waals surface area contributed by atoms with Crippen molar-refractivity contribution in [3.63, 3.8) is 0 Å². The smallest absolute Gasteiger partial charge is 0.408 e. The van der Waals surface area contributed by atoms with Crippen molar-refractivity contribution in [1.29, 1.82) is 0 Å². The number of aliphatic hydroxyl groups is 1. The van der Waals surface area contributed by atoms with Crippen LogP contribution in [0.2, 0.25) is 0 Å². The number of aliphatic hydroxyl groups excluding tert-OH is 1. The van der Waals surface area contributed by atoms with Crippen LogP contribution in [-0.2, 0) is 10.4 Å². The van der Waals surface area contributed by atoms with Crippen molar-refractivity contribution in [2.45, 2.75) is 44.0 Å². The van der Waals surface area contributed by atoms with Gasteiger partial charge in [-0.2, -0.15) is 0 Å². The van der Waals surface area contributed by atoms with E-state index in [0.717, 1.165) is 0 Å². The normalized spacial score (nSPS) is 28.9. The van der Waals surface area contributed by atoms with Crippen molar-refractivity contribution in [1.82, 2.24) is 5.32 Å². The zero-order valence-corrected chi connectivity index (χ0v) is 11.9. The molecule has 20 heavy (non-hydrogen) atoms. The number of hydrogen-bond donors (Lipinski definition) is 2. The number of ether oxygens (including phenoxy) is 1. The lowest BCUT2D eigenvalue weighted by Gasteiger charge is -2.24. The largest absolute Gasteiger partial charge is 0.444 e. The molecule has 0 aliphatic heterocycles. The first-order chi connectivity index (χ1) is 9.22. The molecule has 1 amide bonds. The van der Waals surface area contributed by atoms with E-state index in [9.17, 15) is 14.3 Å². The number of amides is 1. The zero-order chi connectivity index (χ0) is 15.0. The second-order valence-corrected chi connectivity index (χ2v) is 6.21. The third-order valence-corrected chi connectivity index (χ3v) is 3.42. The van der Waals surface area contributed by atoms with E-state index in [0.29, 0.717) is 5.56 Å². The Morgan fingerprint density at radius 3 is 2.50 bits per heavy atom. The Kier molecular flexibility index (Phi) is 3.50. The minimum absolute atomic E-state index is 0.0414. The highest BCUT2D eigenvalue weighted by molar-refractivity contribution is 5.70. The summed E-state index contributed by atoms with van der Waals surface area (Å²) >= 11 is 0. The number of hydrogen-bond acceptors (Lipinski definition) is 3. The van der Waals surface area contributed by atoms with E-state index >= 15 is 0 Å². The fourth-order valence-corrected chi connectivity index (χ4v) is 2.32. The summed E-state index contributed by atoms with van der Waals surface area (Å²) in [5.74, 6) is 0. The summed E-state index contributed by atoms with van der Waals surface area (Å²) in [6.07, 6.45) is -0.679. The predicted molar refractivity (Wildman–Crippen MR) is 73.0 cm³/mol. The van der Waals surface area contributed by atoms with Gasteiger partial charge in [0.2, 0.25) is 0 Å². The number of benzene rings is 1. The lowest BCUT2D eigenvalue weighted by atomic mass is 10.0. The summed E-state index contributed by atoms with van der Waals surface area (Å²) < 4.78 is 20.0. The molecule has 0 saturated heterocycles. The molecule has 0 bridgehead atoms. The van der Waals surface area contributed by atoms with E-state index in [4.69, 9.17) is 4.74 Å². The summed E-state index contributed by atoms with van der Waals surface area (Å²) in [6, 6.07) is 8.54. The Morgan fingerprint density at radius 1 is 1.40 bits per heavy atom. The van der Waals surface area contributed by atoms with Gasteiger partial charge in [-0.05, 0) is 26.3 Å². The van der Waals surface area contributed by atoms with Crippen LogP contribution in [0.3, 0.4) is 0 Å². The van der Waals surface area contributed by atoms with E-state index in [-0.39, 0.29) is 6.42 Å². The maximum atomic E-state index is 14.9. The molecule has 1 aliphatic rings.